The fourth-order valence-electron chi connectivity index (χ4n) is 16.0. The first-order valence-corrected chi connectivity index (χ1v) is 32.7. The zero-order valence-corrected chi connectivity index (χ0v) is 51.6. The van der Waals surface area contributed by atoms with Gasteiger partial charge in [0, 0.05) is 104 Å². The van der Waals surface area contributed by atoms with E-state index in [9.17, 15) is 0 Å². The van der Waals surface area contributed by atoms with Gasteiger partial charge >= 0.3 is 0 Å². The molecule has 15 aromatic carbocycles. The monoisotopic (exact) mass is 1220 g/mol. The third-order valence-corrected chi connectivity index (χ3v) is 20.1. The average molecular weight is 1220 g/mol. The van der Waals surface area contributed by atoms with Gasteiger partial charge in [-0.25, -0.2) is 19.9 Å². The van der Waals surface area contributed by atoms with Gasteiger partial charge in [-0.05, 0) is 76.1 Å². The Morgan fingerprint density at radius 2 is 0.604 bits per heavy atom. The summed E-state index contributed by atoms with van der Waals surface area (Å²) in [6.07, 6.45) is 1.87. The Bertz CT molecular complexity index is 6530. The van der Waals surface area contributed by atoms with Gasteiger partial charge < -0.3 is 18.3 Å². The molecule has 0 saturated carbocycles. The van der Waals surface area contributed by atoms with E-state index in [1.165, 1.54) is 32.3 Å². The van der Waals surface area contributed by atoms with Crippen molar-refractivity contribution in [1.29, 1.82) is 0 Å². The topological polar surface area (TPSA) is 71.3 Å². The van der Waals surface area contributed by atoms with Crippen LogP contribution in [0.3, 0.4) is 0 Å². The van der Waals surface area contributed by atoms with Crippen molar-refractivity contribution in [2.45, 2.75) is 0 Å². The lowest BCUT2D eigenvalue weighted by atomic mass is 10.0. The zero-order chi connectivity index (χ0) is 62.7. The van der Waals surface area contributed by atoms with Crippen molar-refractivity contribution in [3.05, 3.63) is 316 Å². The van der Waals surface area contributed by atoms with E-state index >= 15 is 0 Å². The number of para-hydroxylation sites is 2. The molecule has 0 saturated heterocycles. The molecular weight excluding hydrogens is 1170 g/mol. The van der Waals surface area contributed by atoms with Crippen molar-refractivity contribution >= 4 is 141 Å². The molecule has 0 N–H and O–H groups in total. The third-order valence-electron chi connectivity index (χ3n) is 20.1. The second-order valence-corrected chi connectivity index (χ2v) is 25.2. The number of benzene rings is 15. The lowest BCUT2D eigenvalue weighted by Crippen LogP contribution is -2.03. The maximum atomic E-state index is 5.76. The van der Waals surface area contributed by atoms with Crippen molar-refractivity contribution < 1.29 is 0 Å². The van der Waals surface area contributed by atoms with E-state index in [1.54, 1.807) is 0 Å². The summed E-state index contributed by atoms with van der Waals surface area (Å²) < 4.78 is 10.1. The van der Waals surface area contributed by atoms with Crippen molar-refractivity contribution in [1.82, 2.24) is 38.2 Å². The Kier molecular flexibility index (Phi) is 11.1. The Hall–Kier alpha value is -13.0. The van der Waals surface area contributed by atoms with Gasteiger partial charge in [-0.2, -0.15) is 0 Å². The van der Waals surface area contributed by atoms with E-state index in [-0.39, 0.29) is 0 Å². The van der Waals surface area contributed by atoms with Crippen molar-refractivity contribution in [2.75, 3.05) is 0 Å². The van der Waals surface area contributed by atoms with Gasteiger partial charge in [0.1, 0.15) is 16.7 Å². The summed E-state index contributed by atoms with van der Waals surface area (Å²) in [5.74, 6) is 1.16. The van der Waals surface area contributed by atoms with Gasteiger partial charge in [-0.3, -0.25) is 0 Å². The van der Waals surface area contributed by atoms with Crippen LogP contribution >= 0.6 is 0 Å². The SMILES string of the molecule is c1ccc(-c2ncc3nc(-c4cc(-n5c6c7ccccc7ccc6c6ccc7c(c8ccc9ccccc9c8n7-c7ccccc7)c65)cc(-n5c6c7ccccc7ccc6c6ccc7c(c8ccc9ccccc9c8n7-c7ccccc7)c65)c4)nc(-c4ccccc4)c3n2)cc1. The average Bonchev–Trinajstić information content (AvgIpc) is 1.54. The summed E-state index contributed by atoms with van der Waals surface area (Å²) in [6, 6.07) is 113. The maximum Gasteiger partial charge on any atom is 0.160 e. The summed E-state index contributed by atoms with van der Waals surface area (Å²) in [6.45, 7) is 0. The van der Waals surface area contributed by atoms with E-state index in [0.717, 1.165) is 143 Å². The molecule has 21 rings (SSSR count). The van der Waals surface area contributed by atoms with Crippen LogP contribution < -0.4 is 0 Å². The summed E-state index contributed by atoms with van der Waals surface area (Å²) >= 11 is 0. The molecule has 0 spiro atoms. The minimum absolute atomic E-state index is 0.548. The summed E-state index contributed by atoms with van der Waals surface area (Å²) in [5.41, 5.74) is 17.8. The lowest BCUT2D eigenvalue weighted by Gasteiger charge is -2.18. The molecule has 8 heteroatoms. The largest absolute Gasteiger partial charge is 0.309 e. The van der Waals surface area contributed by atoms with E-state index in [1.807, 2.05) is 42.6 Å². The molecule has 0 unspecified atom stereocenters. The quantitative estimate of drug-likeness (QED) is 0.159. The highest BCUT2D eigenvalue weighted by molar-refractivity contribution is 6.33. The van der Waals surface area contributed by atoms with E-state index in [4.69, 9.17) is 19.9 Å². The molecule has 21 aromatic rings. The molecule has 0 bridgehead atoms. The Labute approximate surface area is 548 Å². The minimum atomic E-state index is 0.548. The molecule has 444 valence electrons. The number of fused-ring (bicyclic) bond motifs is 23. The van der Waals surface area contributed by atoms with Crippen LogP contribution in [-0.4, -0.2) is 38.2 Å². The van der Waals surface area contributed by atoms with E-state index < -0.39 is 0 Å². The number of hydrogen-bond acceptors (Lipinski definition) is 4. The van der Waals surface area contributed by atoms with Crippen LogP contribution in [0.25, 0.3) is 198 Å². The first-order valence-electron chi connectivity index (χ1n) is 32.7. The second-order valence-electron chi connectivity index (χ2n) is 25.2. The fraction of sp³-hybridized carbons (Fsp3) is 0. The van der Waals surface area contributed by atoms with Crippen molar-refractivity contribution in [2.24, 2.45) is 0 Å². The fourth-order valence-corrected chi connectivity index (χ4v) is 16.0. The van der Waals surface area contributed by atoms with Gasteiger partial charge in [0.25, 0.3) is 0 Å². The van der Waals surface area contributed by atoms with Crippen LogP contribution in [0.15, 0.2) is 316 Å². The second kappa shape index (κ2) is 20.2. The highest BCUT2D eigenvalue weighted by Crippen LogP contribution is 2.49. The number of hydrogen-bond donors (Lipinski definition) is 0. The summed E-state index contributed by atoms with van der Waals surface area (Å²) in [7, 11) is 0. The Morgan fingerprint density at radius 3 is 1.06 bits per heavy atom. The van der Waals surface area contributed by atoms with Crippen molar-refractivity contribution in [3.63, 3.8) is 0 Å². The molecule has 96 heavy (non-hydrogen) atoms. The molecule has 0 aliphatic rings. The van der Waals surface area contributed by atoms with E-state index in [0.29, 0.717) is 22.7 Å². The molecule has 0 aliphatic carbocycles. The molecular formula is C88H52N8. The Balaban J connectivity index is 0.971. The Morgan fingerprint density at radius 1 is 0.229 bits per heavy atom. The molecule has 0 radical (unpaired) electrons. The van der Waals surface area contributed by atoms with Crippen molar-refractivity contribution in [3.8, 4) is 56.8 Å². The van der Waals surface area contributed by atoms with Crippen LogP contribution in [0.1, 0.15) is 0 Å². The van der Waals surface area contributed by atoms with Crippen LogP contribution in [0, 0.1) is 0 Å². The third kappa shape index (κ3) is 7.54. The summed E-state index contributed by atoms with van der Waals surface area (Å²) in [4.78, 5) is 21.7. The van der Waals surface area contributed by atoms with Gasteiger partial charge in [-0.1, -0.05) is 255 Å². The van der Waals surface area contributed by atoms with Crippen LogP contribution in [0.5, 0.6) is 0 Å². The standard InChI is InChI=1S/C88H52N8/c1-5-25-57(26-6-1)79-80-74(52-89-87(92-80)58-27-7-2-8-28-58)90-88(91-79)59-49-62(95-81-64-33-17-13-21-53(64)37-41-68(81)70-45-47-75-77(85(70)95)72-43-39-55-23-15-19-35-66(55)83(72)93(75)60-29-9-3-10-30-60)51-63(50-59)96-82-65-34-18-14-22-54(65)38-42-69(82)71-46-48-76-78(86(71)96)73-44-40-56-24-16-20-36-67(56)84(73)94(76)61-31-11-4-12-32-61/h1-52H. The molecule has 0 aliphatic heterocycles. The van der Waals surface area contributed by atoms with E-state index in [2.05, 4.69) is 291 Å². The smallest absolute Gasteiger partial charge is 0.160 e. The van der Waals surface area contributed by atoms with Crippen LogP contribution in [-0.2, 0) is 0 Å². The lowest BCUT2D eigenvalue weighted by molar-refractivity contribution is 1.13. The predicted octanol–water partition coefficient (Wildman–Crippen LogP) is 22.4. The number of aromatic nitrogens is 8. The van der Waals surface area contributed by atoms with Gasteiger partial charge in [-0.15, -0.1) is 0 Å². The van der Waals surface area contributed by atoms with Crippen LogP contribution in [0.4, 0.5) is 0 Å². The predicted molar refractivity (Wildman–Crippen MR) is 399 cm³/mol. The van der Waals surface area contributed by atoms with Gasteiger partial charge in [0.15, 0.2) is 11.6 Å². The zero-order valence-electron chi connectivity index (χ0n) is 51.6. The molecule has 0 fully saturated rings. The molecule has 0 atom stereocenters. The highest BCUT2D eigenvalue weighted by atomic mass is 15.1. The molecule has 0 amide bonds. The molecule has 8 nitrogen and oxygen atoms in total. The highest BCUT2D eigenvalue weighted by Gasteiger charge is 2.28. The van der Waals surface area contributed by atoms with Crippen LogP contribution in [0.2, 0.25) is 0 Å². The van der Waals surface area contributed by atoms with Gasteiger partial charge in [0.2, 0.25) is 0 Å². The van der Waals surface area contributed by atoms with Gasteiger partial charge in [0.05, 0.1) is 50.3 Å². The number of nitrogens with zero attached hydrogens (tertiary/aromatic N) is 8. The molecule has 6 heterocycles. The first-order chi connectivity index (χ1) is 47.6. The summed E-state index contributed by atoms with van der Waals surface area (Å²) in [5, 5.41) is 18.6. The first kappa shape index (κ1) is 52.6. The number of rotatable bonds is 7. The minimum Gasteiger partial charge on any atom is -0.309 e. The maximum absolute atomic E-state index is 5.76. The normalized spacial score (nSPS) is 12.2. The molecule has 6 aromatic heterocycles.